The van der Waals surface area contributed by atoms with E-state index in [0.717, 1.165) is 39.5 Å². The van der Waals surface area contributed by atoms with Crippen molar-refractivity contribution in [2.24, 2.45) is 7.05 Å². The molecule has 1 saturated carbocycles. The third-order valence-electron chi connectivity index (χ3n) is 3.89. The van der Waals surface area contributed by atoms with Crippen molar-refractivity contribution in [1.82, 2.24) is 19.7 Å². The van der Waals surface area contributed by atoms with Crippen LogP contribution in [-0.2, 0) is 12.8 Å². The molecule has 1 aliphatic carbocycles. The van der Waals surface area contributed by atoms with Crippen LogP contribution in [0.1, 0.15) is 36.0 Å². The van der Waals surface area contributed by atoms with Gasteiger partial charge in [0.25, 0.3) is 0 Å². The lowest BCUT2D eigenvalue weighted by Crippen LogP contribution is -1.96. The Kier molecular flexibility index (Phi) is 3.29. The van der Waals surface area contributed by atoms with Gasteiger partial charge in [-0.2, -0.15) is 0 Å². The first-order valence-electron chi connectivity index (χ1n) is 7.23. The second-order valence-corrected chi connectivity index (χ2v) is 6.42. The number of oxazole rings is 1. The Balaban J connectivity index is 1.53. The predicted molar refractivity (Wildman–Crippen MR) is 81.5 cm³/mol. The van der Waals surface area contributed by atoms with Gasteiger partial charge in [0, 0.05) is 18.7 Å². The van der Waals surface area contributed by atoms with Crippen molar-refractivity contribution in [3.8, 4) is 11.4 Å². The molecule has 0 N–H and O–H groups in total. The zero-order chi connectivity index (χ0) is 15.1. The molecule has 0 aromatic carbocycles. The molecule has 0 radical (unpaired) electrons. The minimum atomic E-state index is 0.571. The molecule has 4 rings (SSSR count). The van der Waals surface area contributed by atoms with Crippen molar-refractivity contribution < 1.29 is 8.83 Å². The van der Waals surface area contributed by atoms with Crippen molar-refractivity contribution in [3.05, 3.63) is 35.9 Å². The molecule has 22 heavy (non-hydrogen) atoms. The van der Waals surface area contributed by atoms with E-state index in [2.05, 4.69) is 15.2 Å². The Bertz CT molecular complexity index is 800. The second-order valence-electron chi connectivity index (χ2n) is 5.48. The van der Waals surface area contributed by atoms with E-state index in [-0.39, 0.29) is 0 Å². The third kappa shape index (κ3) is 2.35. The first-order chi connectivity index (χ1) is 10.7. The number of furan rings is 1. The zero-order valence-corrected chi connectivity index (χ0v) is 13.3. The fraction of sp³-hybridized carbons (Fsp3) is 0.400. The summed E-state index contributed by atoms with van der Waals surface area (Å²) in [6.07, 6.45) is 5.63. The number of nitrogens with zero attached hydrogens (tertiary/aromatic N) is 4. The normalized spacial score (nSPS) is 14.6. The molecule has 3 aromatic heterocycles. The molecule has 0 spiro atoms. The van der Waals surface area contributed by atoms with Crippen LogP contribution in [-0.4, -0.2) is 19.7 Å². The lowest BCUT2D eigenvalue weighted by atomic mass is 10.2. The van der Waals surface area contributed by atoms with Crippen molar-refractivity contribution >= 4 is 11.8 Å². The van der Waals surface area contributed by atoms with Crippen molar-refractivity contribution in [2.75, 3.05) is 0 Å². The van der Waals surface area contributed by atoms with E-state index >= 15 is 0 Å². The van der Waals surface area contributed by atoms with Crippen molar-refractivity contribution in [3.63, 3.8) is 0 Å². The summed E-state index contributed by atoms with van der Waals surface area (Å²) >= 11 is 1.62. The summed E-state index contributed by atoms with van der Waals surface area (Å²) < 4.78 is 12.8. The molecular formula is C15H16N4O2S. The van der Waals surface area contributed by atoms with E-state index in [1.54, 1.807) is 24.4 Å². The summed E-state index contributed by atoms with van der Waals surface area (Å²) in [4.78, 5) is 4.33. The van der Waals surface area contributed by atoms with E-state index in [0.29, 0.717) is 5.92 Å². The van der Waals surface area contributed by atoms with Crippen molar-refractivity contribution in [2.45, 2.75) is 36.6 Å². The van der Waals surface area contributed by atoms with Gasteiger partial charge in [0.2, 0.25) is 0 Å². The molecular weight excluding hydrogens is 300 g/mol. The maximum absolute atomic E-state index is 5.51. The van der Waals surface area contributed by atoms with Crippen LogP contribution in [0.4, 0.5) is 0 Å². The molecule has 1 aliphatic rings. The van der Waals surface area contributed by atoms with Gasteiger partial charge in [0.1, 0.15) is 11.5 Å². The molecule has 0 saturated heterocycles. The van der Waals surface area contributed by atoms with Crippen LogP contribution in [0.5, 0.6) is 0 Å². The van der Waals surface area contributed by atoms with Crippen LogP contribution in [0.2, 0.25) is 0 Å². The Morgan fingerprint density at radius 2 is 2.18 bits per heavy atom. The van der Waals surface area contributed by atoms with Gasteiger partial charge in [-0.3, -0.25) is 0 Å². The molecule has 6 nitrogen and oxygen atoms in total. The summed E-state index contributed by atoms with van der Waals surface area (Å²) in [6.45, 7) is 1.92. The van der Waals surface area contributed by atoms with Gasteiger partial charge in [-0.05, 0) is 25.8 Å². The van der Waals surface area contributed by atoms with Gasteiger partial charge in [0.15, 0.2) is 17.4 Å². The van der Waals surface area contributed by atoms with Gasteiger partial charge in [-0.15, -0.1) is 10.2 Å². The van der Waals surface area contributed by atoms with Crippen LogP contribution in [0, 0.1) is 6.92 Å². The van der Waals surface area contributed by atoms with Crippen LogP contribution < -0.4 is 0 Å². The molecule has 0 bridgehead atoms. The molecule has 7 heteroatoms. The monoisotopic (exact) mass is 316 g/mol. The Hall–Kier alpha value is -2.02. The molecule has 1 fully saturated rings. The van der Waals surface area contributed by atoms with Gasteiger partial charge >= 0.3 is 0 Å². The summed E-state index contributed by atoms with van der Waals surface area (Å²) in [7, 11) is 1.97. The van der Waals surface area contributed by atoms with E-state index < -0.39 is 0 Å². The summed E-state index contributed by atoms with van der Waals surface area (Å²) in [5.74, 6) is 4.02. The van der Waals surface area contributed by atoms with Gasteiger partial charge in [-0.1, -0.05) is 11.8 Å². The standard InChI is InChI=1S/C15H16N4O2S/c1-9-11(5-6-20-9)14-17-18-15(19(14)2)22-7-12-13(10-3-4-10)21-8-16-12/h5-6,8,10H,3-4,7H2,1-2H3. The SMILES string of the molecule is Cc1occc1-c1nnc(SCc2ncoc2C2CC2)n1C. The maximum Gasteiger partial charge on any atom is 0.191 e. The largest absolute Gasteiger partial charge is 0.469 e. The molecule has 114 valence electrons. The van der Waals surface area contributed by atoms with Crippen LogP contribution in [0.3, 0.4) is 0 Å². The highest BCUT2D eigenvalue weighted by Crippen LogP contribution is 2.42. The van der Waals surface area contributed by atoms with Crippen LogP contribution >= 0.6 is 11.8 Å². The minimum absolute atomic E-state index is 0.571. The number of hydrogen-bond donors (Lipinski definition) is 0. The molecule has 0 amide bonds. The van der Waals surface area contributed by atoms with E-state index in [4.69, 9.17) is 8.83 Å². The molecule has 3 heterocycles. The average molecular weight is 316 g/mol. The fourth-order valence-electron chi connectivity index (χ4n) is 2.49. The molecule has 3 aromatic rings. The lowest BCUT2D eigenvalue weighted by Gasteiger charge is -2.03. The fourth-order valence-corrected chi connectivity index (χ4v) is 3.35. The highest BCUT2D eigenvalue weighted by atomic mass is 32.2. The quantitative estimate of drug-likeness (QED) is 0.671. The molecule has 0 atom stereocenters. The van der Waals surface area contributed by atoms with E-state index in [1.165, 1.54) is 12.8 Å². The number of hydrogen-bond acceptors (Lipinski definition) is 6. The second kappa shape index (κ2) is 5.31. The summed E-state index contributed by atoms with van der Waals surface area (Å²) in [5.41, 5.74) is 2.00. The van der Waals surface area contributed by atoms with E-state index in [1.807, 2.05) is 24.6 Å². The van der Waals surface area contributed by atoms with Crippen LogP contribution in [0.15, 0.2) is 32.7 Å². The summed E-state index contributed by atoms with van der Waals surface area (Å²) in [5, 5.41) is 9.42. The Morgan fingerprint density at radius 3 is 2.91 bits per heavy atom. The Labute approximate surface area is 131 Å². The average Bonchev–Trinajstić information content (AvgIpc) is 2.91. The van der Waals surface area contributed by atoms with Gasteiger partial charge in [-0.25, -0.2) is 4.98 Å². The highest BCUT2D eigenvalue weighted by molar-refractivity contribution is 7.98. The lowest BCUT2D eigenvalue weighted by molar-refractivity contribution is 0.504. The smallest absolute Gasteiger partial charge is 0.191 e. The highest BCUT2D eigenvalue weighted by Gasteiger charge is 2.30. The summed E-state index contributed by atoms with van der Waals surface area (Å²) in [6, 6.07) is 1.91. The predicted octanol–water partition coefficient (Wildman–Crippen LogP) is 3.54. The zero-order valence-electron chi connectivity index (χ0n) is 12.4. The number of rotatable bonds is 5. The maximum atomic E-state index is 5.51. The molecule has 0 unspecified atom stereocenters. The van der Waals surface area contributed by atoms with Crippen molar-refractivity contribution in [1.29, 1.82) is 0 Å². The van der Waals surface area contributed by atoms with Gasteiger partial charge in [0.05, 0.1) is 17.5 Å². The molecule has 0 aliphatic heterocycles. The topological polar surface area (TPSA) is 69.9 Å². The first-order valence-corrected chi connectivity index (χ1v) is 8.21. The number of aryl methyl sites for hydroxylation is 1. The van der Waals surface area contributed by atoms with Gasteiger partial charge < -0.3 is 13.4 Å². The third-order valence-corrected chi connectivity index (χ3v) is 4.92. The van der Waals surface area contributed by atoms with E-state index in [9.17, 15) is 0 Å². The number of aromatic nitrogens is 4. The first kappa shape index (κ1) is 13.6. The minimum Gasteiger partial charge on any atom is -0.469 e. The van der Waals surface area contributed by atoms with Crippen LogP contribution in [0.25, 0.3) is 11.4 Å². The Morgan fingerprint density at radius 1 is 1.32 bits per heavy atom. The number of thioether (sulfide) groups is 1.